The van der Waals surface area contributed by atoms with Crippen LogP contribution in [0.4, 0.5) is 4.79 Å². The number of hydrogen-bond donors (Lipinski definition) is 1. The van der Waals surface area contributed by atoms with Gasteiger partial charge in [0.25, 0.3) is 0 Å². The van der Waals surface area contributed by atoms with Crippen molar-refractivity contribution in [3.05, 3.63) is 0 Å². The number of aliphatic carboxylic acids is 1. The molecule has 0 bridgehead atoms. The van der Waals surface area contributed by atoms with Gasteiger partial charge in [-0.2, -0.15) is 0 Å². The highest BCUT2D eigenvalue weighted by molar-refractivity contribution is 5.76. The zero-order valence-electron chi connectivity index (χ0n) is 12.8. The predicted molar refractivity (Wildman–Crippen MR) is 78.2 cm³/mol. The number of nitrogens with zero attached hydrogens (tertiary/aromatic N) is 2. The number of urea groups is 1. The first kappa shape index (κ1) is 16.1. The van der Waals surface area contributed by atoms with Gasteiger partial charge in [0.05, 0.1) is 25.7 Å². The van der Waals surface area contributed by atoms with E-state index in [-0.39, 0.29) is 18.5 Å². The minimum atomic E-state index is -0.884. The average Bonchev–Trinajstić information content (AvgIpc) is 2.72. The molecule has 2 aliphatic rings. The van der Waals surface area contributed by atoms with Crippen LogP contribution in [-0.4, -0.2) is 65.8 Å². The molecule has 2 fully saturated rings. The topological polar surface area (TPSA) is 70.1 Å². The van der Waals surface area contributed by atoms with Crippen molar-refractivity contribution in [3.8, 4) is 0 Å². The molecule has 0 saturated carbocycles. The summed E-state index contributed by atoms with van der Waals surface area (Å²) >= 11 is 0. The Morgan fingerprint density at radius 2 is 2.05 bits per heavy atom. The summed E-state index contributed by atoms with van der Waals surface area (Å²) in [7, 11) is 0. The van der Waals surface area contributed by atoms with Crippen molar-refractivity contribution in [2.24, 2.45) is 5.92 Å². The van der Waals surface area contributed by atoms with Gasteiger partial charge in [-0.05, 0) is 25.2 Å². The van der Waals surface area contributed by atoms with Crippen molar-refractivity contribution in [1.82, 2.24) is 9.80 Å². The fourth-order valence-electron chi connectivity index (χ4n) is 3.22. The molecule has 2 unspecified atom stereocenters. The third-order valence-corrected chi connectivity index (χ3v) is 4.58. The highest BCUT2D eigenvalue weighted by atomic mass is 16.5. The van der Waals surface area contributed by atoms with Gasteiger partial charge in [0.1, 0.15) is 0 Å². The molecule has 2 saturated heterocycles. The Bertz CT molecular complexity index is 375. The van der Waals surface area contributed by atoms with E-state index in [0.29, 0.717) is 25.7 Å². The lowest BCUT2D eigenvalue weighted by atomic mass is 9.98. The highest BCUT2D eigenvalue weighted by Crippen LogP contribution is 2.22. The van der Waals surface area contributed by atoms with Crippen molar-refractivity contribution in [1.29, 1.82) is 0 Å². The minimum Gasteiger partial charge on any atom is -0.481 e. The number of likely N-dealkylation sites (tertiary alicyclic amines) is 1. The van der Waals surface area contributed by atoms with Crippen molar-refractivity contribution < 1.29 is 19.4 Å². The van der Waals surface area contributed by atoms with E-state index < -0.39 is 5.97 Å². The van der Waals surface area contributed by atoms with Crippen LogP contribution in [0.5, 0.6) is 0 Å². The fraction of sp³-hybridized carbons (Fsp3) is 0.867. The Morgan fingerprint density at radius 3 is 2.76 bits per heavy atom. The van der Waals surface area contributed by atoms with Crippen LogP contribution < -0.4 is 0 Å². The van der Waals surface area contributed by atoms with E-state index in [9.17, 15) is 9.59 Å². The number of carboxylic acid groups (broad SMARTS) is 1. The van der Waals surface area contributed by atoms with Crippen LogP contribution in [0.1, 0.15) is 39.0 Å². The molecule has 1 N–H and O–H groups in total. The first-order chi connectivity index (χ1) is 10.1. The van der Waals surface area contributed by atoms with Crippen molar-refractivity contribution in [3.63, 3.8) is 0 Å². The predicted octanol–water partition coefficient (Wildman–Crippen LogP) is 1.79. The Hall–Kier alpha value is -1.30. The van der Waals surface area contributed by atoms with E-state index in [2.05, 4.69) is 6.92 Å². The Kier molecular flexibility index (Phi) is 5.85. The minimum absolute atomic E-state index is 0.0127. The molecule has 21 heavy (non-hydrogen) atoms. The summed E-state index contributed by atoms with van der Waals surface area (Å²) in [6.07, 6.45) is 4.40. The zero-order chi connectivity index (χ0) is 15.2. The van der Waals surface area contributed by atoms with E-state index in [0.717, 1.165) is 25.9 Å². The molecule has 120 valence electrons. The smallest absolute Gasteiger partial charge is 0.320 e. The lowest BCUT2D eigenvalue weighted by Crippen LogP contribution is -2.54. The second-order valence-electron chi connectivity index (χ2n) is 5.99. The molecule has 0 aromatic rings. The summed E-state index contributed by atoms with van der Waals surface area (Å²) in [6, 6.07) is -0.352. The quantitative estimate of drug-likeness (QED) is 0.862. The fourth-order valence-corrected chi connectivity index (χ4v) is 3.22. The summed E-state index contributed by atoms with van der Waals surface area (Å²) < 4.78 is 5.33. The van der Waals surface area contributed by atoms with Gasteiger partial charge in [-0.1, -0.05) is 13.3 Å². The van der Waals surface area contributed by atoms with Crippen LogP contribution in [0.2, 0.25) is 0 Å². The number of carboxylic acids is 1. The van der Waals surface area contributed by atoms with Gasteiger partial charge in [0.2, 0.25) is 0 Å². The summed E-state index contributed by atoms with van der Waals surface area (Å²) in [5, 5.41) is 8.98. The molecule has 0 aliphatic carbocycles. The van der Waals surface area contributed by atoms with E-state index in [1.165, 1.54) is 12.8 Å². The maximum atomic E-state index is 12.7. The number of amides is 2. The molecule has 2 amide bonds. The second-order valence-corrected chi connectivity index (χ2v) is 5.99. The van der Waals surface area contributed by atoms with Gasteiger partial charge in [-0.25, -0.2) is 4.79 Å². The van der Waals surface area contributed by atoms with Crippen molar-refractivity contribution in [2.45, 2.75) is 45.1 Å². The average molecular weight is 298 g/mol. The molecule has 2 atom stereocenters. The number of carbonyl (C=O) groups excluding carboxylic acids is 1. The molecular formula is C15H26N2O4. The lowest BCUT2D eigenvalue weighted by Gasteiger charge is -2.38. The number of hydrogen-bond acceptors (Lipinski definition) is 3. The molecule has 0 radical (unpaired) electrons. The summed E-state index contributed by atoms with van der Waals surface area (Å²) in [5.41, 5.74) is 0. The van der Waals surface area contributed by atoms with E-state index >= 15 is 0 Å². The van der Waals surface area contributed by atoms with Gasteiger partial charge in [0, 0.05) is 19.6 Å². The molecule has 0 aromatic carbocycles. The van der Waals surface area contributed by atoms with Crippen LogP contribution in [0.25, 0.3) is 0 Å². The Morgan fingerprint density at radius 1 is 1.24 bits per heavy atom. The van der Waals surface area contributed by atoms with Crippen LogP contribution in [0, 0.1) is 5.92 Å². The van der Waals surface area contributed by atoms with Gasteiger partial charge >= 0.3 is 12.0 Å². The van der Waals surface area contributed by atoms with Gasteiger partial charge in [-0.15, -0.1) is 0 Å². The summed E-state index contributed by atoms with van der Waals surface area (Å²) in [5.74, 6) is -0.174. The van der Waals surface area contributed by atoms with Crippen molar-refractivity contribution >= 4 is 12.0 Å². The molecule has 0 spiro atoms. The Labute approximate surface area is 126 Å². The molecular weight excluding hydrogens is 272 g/mol. The molecule has 6 heteroatoms. The molecule has 0 aromatic heterocycles. The highest BCUT2D eigenvalue weighted by Gasteiger charge is 2.32. The van der Waals surface area contributed by atoms with Crippen LogP contribution in [-0.2, 0) is 9.53 Å². The first-order valence-electron chi connectivity index (χ1n) is 7.97. The van der Waals surface area contributed by atoms with Gasteiger partial charge < -0.3 is 19.6 Å². The summed E-state index contributed by atoms with van der Waals surface area (Å²) in [6.45, 7) is 5.08. The standard InChI is InChI=1S/C15H26N2O4/c1-2-12-4-3-6-16(7-5-12)15(20)17-8-9-21-11-13(17)10-14(18)19/h12-13H,2-11H2,1H3,(H,18,19). The first-order valence-corrected chi connectivity index (χ1v) is 7.97. The lowest BCUT2D eigenvalue weighted by molar-refractivity contribution is -0.139. The number of rotatable bonds is 3. The maximum absolute atomic E-state index is 12.7. The zero-order valence-corrected chi connectivity index (χ0v) is 12.8. The third kappa shape index (κ3) is 4.33. The van der Waals surface area contributed by atoms with E-state index in [1.807, 2.05) is 4.90 Å². The molecule has 2 aliphatic heterocycles. The van der Waals surface area contributed by atoms with E-state index in [4.69, 9.17) is 9.84 Å². The maximum Gasteiger partial charge on any atom is 0.320 e. The second kappa shape index (κ2) is 7.64. The van der Waals surface area contributed by atoms with E-state index in [1.54, 1.807) is 4.90 Å². The van der Waals surface area contributed by atoms with Crippen LogP contribution in [0.3, 0.4) is 0 Å². The molecule has 2 rings (SSSR count). The summed E-state index contributed by atoms with van der Waals surface area (Å²) in [4.78, 5) is 27.2. The number of morpholine rings is 1. The molecule has 6 nitrogen and oxygen atoms in total. The number of carbonyl (C=O) groups is 2. The molecule has 2 heterocycles. The monoisotopic (exact) mass is 298 g/mol. The van der Waals surface area contributed by atoms with Crippen molar-refractivity contribution in [2.75, 3.05) is 32.8 Å². The van der Waals surface area contributed by atoms with Crippen LogP contribution in [0.15, 0.2) is 0 Å². The third-order valence-electron chi connectivity index (χ3n) is 4.58. The largest absolute Gasteiger partial charge is 0.481 e. The normalized spacial score (nSPS) is 27.3. The SMILES string of the molecule is CCC1CCCN(C(=O)N2CCOCC2CC(=O)O)CC1. The number of ether oxygens (including phenoxy) is 1. The van der Waals surface area contributed by atoms with Gasteiger partial charge in [0.15, 0.2) is 0 Å². The van der Waals surface area contributed by atoms with Crippen LogP contribution >= 0.6 is 0 Å². The Balaban J connectivity index is 1.97. The van der Waals surface area contributed by atoms with Gasteiger partial charge in [-0.3, -0.25) is 4.79 Å².